The van der Waals surface area contributed by atoms with Gasteiger partial charge >= 0.3 is 0 Å². The highest BCUT2D eigenvalue weighted by Crippen LogP contribution is 2.10. The van der Waals surface area contributed by atoms with Gasteiger partial charge in [-0.2, -0.15) is 10.2 Å². The van der Waals surface area contributed by atoms with Crippen LogP contribution < -0.4 is 16.4 Å². The normalized spacial score (nSPS) is 11.0. The van der Waals surface area contributed by atoms with Crippen molar-refractivity contribution in [2.24, 2.45) is 7.05 Å². The first-order valence-corrected chi connectivity index (χ1v) is 9.72. The first kappa shape index (κ1) is 20.2. The molecule has 0 atom stereocenters. The lowest BCUT2D eigenvalue weighted by Crippen LogP contribution is -2.30. The lowest BCUT2D eigenvalue weighted by atomic mass is 10.1. The average Bonchev–Trinajstić information content (AvgIpc) is 3.17. The van der Waals surface area contributed by atoms with Crippen LogP contribution in [0.5, 0.6) is 0 Å². The number of nitrogens with one attached hydrogen (secondary N) is 1. The van der Waals surface area contributed by atoms with E-state index in [4.69, 9.17) is 0 Å². The number of hydrogen-bond acceptors (Lipinski definition) is 6. The largest absolute Gasteiger partial charge is 0.349 e. The van der Waals surface area contributed by atoms with E-state index >= 15 is 0 Å². The Balaban J connectivity index is 1.47. The minimum absolute atomic E-state index is 0.143. The molecule has 0 aliphatic heterocycles. The van der Waals surface area contributed by atoms with Crippen molar-refractivity contribution < 1.29 is 4.79 Å². The maximum Gasteiger partial charge on any atom is 0.271 e. The second-order valence-corrected chi connectivity index (χ2v) is 7.15. The topological polar surface area (TPSA) is 117 Å². The van der Waals surface area contributed by atoms with Crippen LogP contribution in [0.25, 0.3) is 11.0 Å². The van der Waals surface area contributed by atoms with Gasteiger partial charge in [0.1, 0.15) is 17.4 Å². The van der Waals surface area contributed by atoms with Gasteiger partial charge in [0.25, 0.3) is 17.0 Å². The highest BCUT2D eigenvalue weighted by molar-refractivity contribution is 5.91. The number of fused-ring (bicyclic) bond motifs is 1. The van der Waals surface area contributed by atoms with E-state index in [1.807, 2.05) is 31.2 Å². The zero-order chi connectivity index (χ0) is 22.0. The summed E-state index contributed by atoms with van der Waals surface area (Å²) in [6, 6.07) is 10.5. The van der Waals surface area contributed by atoms with Gasteiger partial charge in [0.15, 0.2) is 5.65 Å². The summed E-state index contributed by atoms with van der Waals surface area (Å²) in [6.07, 6.45) is 3.01. The summed E-state index contributed by atoms with van der Waals surface area (Å²) in [7, 11) is 1.48. The minimum atomic E-state index is -0.402. The molecule has 1 amide bonds. The number of nitrogens with zero attached hydrogens (tertiary/aromatic N) is 6. The van der Waals surface area contributed by atoms with Gasteiger partial charge in [0, 0.05) is 19.7 Å². The quantitative estimate of drug-likeness (QED) is 0.486. The molecule has 31 heavy (non-hydrogen) atoms. The Morgan fingerprint density at radius 3 is 2.71 bits per heavy atom. The molecule has 0 saturated heterocycles. The smallest absolute Gasteiger partial charge is 0.271 e. The number of carbonyl (C=O) groups is 1. The van der Waals surface area contributed by atoms with Gasteiger partial charge in [0.2, 0.25) is 0 Å². The van der Waals surface area contributed by atoms with Crippen LogP contribution in [-0.4, -0.2) is 41.6 Å². The van der Waals surface area contributed by atoms with E-state index in [-0.39, 0.29) is 23.4 Å². The minimum Gasteiger partial charge on any atom is -0.349 e. The Labute approximate surface area is 176 Å². The molecule has 158 valence electrons. The molecule has 0 aliphatic carbocycles. The third-order valence-corrected chi connectivity index (χ3v) is 5.03. The van der Waals surface area contributed by atoms with Crippen LogP contribution in [0, 0.1) is 6.92 Å². The molecule has 4 aromatic rings. The van der Waals surface area contributed by atoms with Crippen LogP contribution in [-0.2, 0) is 20.1 Å². The third-order valence-electron chi connectivity index (χ3n) is 5.03. The molecular weight excluding hydrogens is 398 g/mol. The van der Waals surface area contributed by atoms with Crippen molar-refractivity contribution in [1.29, 1.82) is 0 Å². The van der Waals surface area contributed by atoms with Gasteiger partial charge in [-0.1, -0.05) is 24.3 Å². The van der Waals surface area contributed by atoms with Gasteiger partial charge in [-0.15, -0.1) is 0 Å². The second-order valence-electron chi connectivity index (χ2n) is 7.15. The zero-order valence-corrected chi connectivity index (χ0v) is 17.1. The number of aryl methyl sites for hydroxylation is 2. The van der Waals surface area contributed by atoms with Crippen LogP contribution in [0.15, 0.2) is 58.5 Å². The molecule has 1 N–H and O–H groups in total. The first-order valence-electron chi connectivity index (χ1n) is 9.72. The Hall–Kier alpha value is -4.08. The van der Waals surface area contributed by atoms with Gasteiger partial charge in [-0.3, -0.25) is 19.0 Å². The van der Waals surface area contributed by atoms with Crippen LogP contribution in [0.1, 0.15) is 21.6 Å². The zero-order valence-electron chi connectivity index (χ0n) is 17.1. The molecule has 3 heterocycles. The Morgan fingerprint density at radius 2 is 1.94 bits per heavy atom. The number of amides is 1. The standard InChI is InChI=1S/C21H21N7O3/c1-14-5-3-4-6-15(14)12-27-13-23-19-16(21(27)31)11-24-28(19)10-9-22-20(30)17-7-8-18(29)26(2)25-17/h3-8,11,13H,9-10,12H2,1-2H3,(H,22,30). The van der Waals surface area contributed by atoms with Crippen LogP contribution in [0.3, 0.4) is 0 Å². The second kappa shape index (κ2) is 8.34. The number of carbonyl (C=O) groups excluding carboxylic acids is 1. The molecule has 3 aromatic heterocycles. The van der Waals surface area contributed by atoms with Crippen LogP contribution in [0.4, 0.5) is 0 Å². The number of aromatic nitrogens is 6. The molecule has 1 aromatic carbocycles. The fourth-order valence-electron chi connectivity index (χ4n) is 3.23. The van der Waals surface area contributed by atoms with Crippen molar-refractivity contribution >= 4 is 16.9 Å². The molecule has 0 saturated carbocycles. The van der Waals surface area contributed by atoms with E-state index in [0.717, 1.165) is 15.8 Å². The summed E-state index contributed by atoms with van der Waals surface area (Å²) < 4.78 is 4.23. The van der Waals surface area contributed by atoms with E-state index in [1.165, 1.54) is 31.7 Å². The van der Waals surface area contributed by atoms with Crippen molar-refractivity contribution in [3.05, 3.63) is 86.5 Å². The molecule has 0 unspecified atom stereocenters. The molecule has 10 nitrogen and oxygen atoms in total. The van der Waals surface area contributed by atoms with Gasteiger partial charge in [-0.05, 0) is 24.1 Å². The fourth-order valence-corrected chi connectivity index (χ4v) is 3.23. The van der Waals surface area contributed by atoms with Crippen LogP contribution >= 0.6 is 0 Å². The molecule has 0 aliphatic rings. The van der Waals surface area contributed by atoms with Crippen molar-refractivity contribution in [2.75, 3.05) is 6.54 Å². The molecule has 0 fully saturated rings. The van der Waals surface area contributed by atoms with E-state index < -0.39 is 5.91 Å². The molecule has 0 bridgehead atoms. The summed E-state index contributed by atoms with van der Waals surface area (Å²) in [4.78, 5) is 40.8. The van der Waals surface area contributed by atoms with Crippen molar-refractivity contribution in [3.8, 4) is 0 Å². The number of hydrogen-bond donors (Lipinski definition) is 1. The maximum atomic E-state index is 12.8. The Morgan fingerprint density at radius 1 is 1.13 bits per heavy atom. The highest BCUT2D eigenvalue weighted by Gasteiger charge is 2.12. The predicted molar refractivity (Wildman–Crippen MR) is 114 cm³/mol. The van der Waals surface area contributed by atoms with Gasteiger partial charge < -0.3 is 5.32 Å². The predicted octanol–water partition coefficient (Wildman–Crippen LogP) is 0.473. The average molecular weight is 419 g/mol. The third kappa shape index (κ3) is 4.13. The lowest BCUT2D eigenvalue weighted by Gasteiger charge is -2.09. The highest BCUT2D eigenvalue weighted by atomic mass is 16.2. The summed E-state index contributed by atoms with van der Waals surface area (Å²) in [5.74, 6) is -0.402. The molecule has 4 rings (SSSR count). The van der Waals surface area contributed by atoms with Gasteiger partial charge in [-0.25, -0.2) is 14.3 Å². The first-order chi connectivity index (χ1) is 14.9. The summed E-state index contributed by atoms with van der Waals surface area (Å²) in [5, 5.41) is 11.3. The Kier molecular flexibility index (Phi) is 5.44. The van der Waals surface area contributed by atoms with E-state index in [2.05, 4.69) is 20.5 Å². The van der Waals surface area contributed by atoms with Crippen LogP contribution in [0.2, 0.25) is 0 Å². The van der Waals surface area contributed by atoms with E-state index in [1.54, 1.807) is 9.25 Å². The maximum absolute atomic E-state index is 12.8. The van der Waals surface area contributed by atoms with E-state index in [0.29, 0.717) is 24.1 Å². The van der Waals surface area contributed by atoms with Crippen molar-refractivity contribution in [2.45, 2.75) is 20.0 Å². The summed E-state index contributed by atoms with van der Waals surface area (Å²) in [6.45, 7) is 3.02. The molecular formula is C21H21N7O3. The molecule has 0 spiro atoms. The van der Waals surface area contributed by atoms with Crippen molar-refractivity contribution in [3.63, 3.8) is 0 Å². The summed E-state index contributed by atoms with van der Waals surface area (Å²) in [5.41, 5.74) is 2.29. The summed E-state index contributed by atoms with van der Waals surface area (Å²) >= 11 is 0. The van der Waals surface area contributed by atoms with E-state index in [9.17, 15) is 14.4 Å². The molecule has 0 radical (unpaired) electrons. The Bertz CT molecular complexity index is 1380. The lowest BCUT2D eigenvalue weighted by molar-refractivity contribution is 0.0944. The van der Waals surface area contributed by atoms with Crippen molar-refractivity contribution in [1.82, 2.24) is 34.4 Å². The SMILES string of the molecule is Cc1ccccc1Cn1cnc2c(cnn2CCNC(=O)c2ccc(=O)n(C)n2)c1=O. The monoisotopic (exact) mass is 419 g/mol. The number of benzene rings is 1. The fraction of sp³-hybridized carbons (Fsp3) is 0.238. The molecule has 10 heteroatoms. The van der Waals surface area contributed by atoms with Gasteiger partial charge in [0.05, 0.1) is 19.3 Å². The number of rotatable bonds is 6.